The van der Waals surface area contributed by atoms with E-state index in [1.807, 2.05) is 19.9 Å². The number of carboxylic acid groups (broad SMARTS) is 1. The topological polar surface area (TPSA) is 89.9 Å². The van der Waals surface area contributed by atoms with E-state index in [0.29, 0.717) is 12.8 Å². The summed E-state index contributed by atoms with van der Waals surface area (Å²) in [5.41, 5.74) is -1.47. The average molecular weight is 284 g/mol. The van der Waals surface area contributed by atoms with Gasteiger partial charge in [0.2, 0.25) is 0 Å². The minimum Gasteiger partial charge on any atom is -0.550 e. The molecule has 6 heteroatoms. The lowest BCUT2D eigenvalue weighted by Crippen LogP contribution is -2.55. The summed E-state index contributed by atoms with van der Waals surface area (Å²) in [7, 11) is 0. The summed E-state index contributed by atoms with van der Waals surface area (Å²) >= 11 is 0. The standard InChI is InChI=1S/C14H23NO5/c1-10(2)6-5-8-13(3)14(4,19)15(12(18)20-13)9-7-11(16)17/h6,19H,5,7-9H2,1-4H3,(H,16,17)/p-1. The van der Waals surface area contributed by atoms with Crippen LogP contribution in [-0.2, 0) is 9.53 Å². The Hall–Kier alpha value is -1.56. The molecule has 0 aromatic rings. The van der Waals surface area contributed by atoms with Crippen molar-refractivity contribution in [1.29, 1.82) is 0 Å². The molecule has 0 radical (unpaired) electrons. The third-order valence-corrected chi connectivity index (χ3v) is 3.77. The zero-order chi connectivity index (χ0) is 15.6. The lowest BCUT2D eigenvalue weighted by molar-refractivity contribution is -0.306. The van der Waals surface area contributed by atoms with E-state index in [0.717, 1.165) is 10.5 Å². The third kappa shape index (κ3) is 3.30. The Morgan fingerprint density at radius 2 is 2.05 bits per heavy atom. The predicted molar refractivity (Wildman–Crippen MR) is 70.5 cm³/mol. The minimum absolute atomic E-state index is 0.133. The number of hydrogen-bond donors (Lipinski definition) is 1. The minimum atomic E-state index is -1.55. The summed E-state index contributed by atoms with van der Waals surface area (Å²) in [6.45, 7) is 6.92. The second-order valence-corrected chi connectivity index (χ2v) is 5.71. The maximum absolute atomic E-state index is 11.8. The summed E-state index contributed by atoms with van der Waals surface area (Å²) in [5.74, 6) is -1.27. The van der Waals surface area contributed by atoms with Crippen LogP contribution in [0, 0.1) is 0 Å². The number of aliphatic carboxylic acids is 1. The van der Waals surface area contributed by atoms with Gasteiger partial charge in [-0.1, -0.05) is 11.6 Å². The second-order valence-electron chi connectivity index (χ2n) is 5.71. The Labute approximate surface area is 119 Å². The number of hydrogen-bond acceptors (Lipinski definition) is 5. The monoisotopic (exact) mass is 284 g/mol. The maximum Gasteiger partial charge on any atom is 0.412 e. The SMILES string of the molecule is CC(C)=CCCC1(C)OC(=O)N(CCC(=O)[O-])C1(C)O. The number of carboxylic acids is 1. The summed E-state index contributed by atoms with van der Waals surface area (Å²) in [4.78, 5) is 23.4. The van der Waals surface area contributed by atoms with Gasteiger partial charge in [0.25, 0.3) is 0 Å². The zero-order valence-electron chi connectivity index (χ0n) is 12.4. The molecule has 0 aromatic carbocycles. The van der Waals surface area contributed by atoms with Gasteiger partial charge in [0.05, 0.1) is 0 Å². The largest absolute Gasteiger partial charge is 0.550 e. The zero-order valence-corrected chi connectivity index (χ0v) is 12.4. The fraction of sp³-hybridized carbons (Fsp3) is 0.714. The Kier molecular flexibility index (Phi) is 4.81. The molecular weight excluding hydrogens is 262 g/mol. The molecule has 1 heterocycles. The van der Waals surface area contributed by atoms with Crippen molar-refractivity contribution in [1.82, 2.24) is 4.90 Å². The van der Waals surface area contributed by atoms with Crippen molar-refractivity contribution in [2.45, 2.75) is 58.3 Å². The first-order chi connectivity index (χ1) is 9.10. The molecule has 0 saturated carbocycles. The summed E-state index contributed by atoms with van der Waals surface area (Å²) in [6.07, 6.45) is 2.08. The van der Waals surface area contributed by atoms with Crippen LogP contribution >= 0.6 is 0 Å². The van der Waals surface area contributed by atoms with Crippen LogP contribution in [0.3, 0.4) is 0 Å². The highest BCUT2D eigenvalue weighted by Crippen LogP contribution is 2.40. The number of cyclic esters (lactones) is 1. The molecule has 1 amide bonds. The maximum atomic E-state index is 11.8. The third-order valence-electron chi connectivity index (χ3n) is 3.77. The van der Waals surface area contributed by atoms with E-state index in [-0.39, 0.29) is 13.0 Å². The Morgan fingerprint density at radius 3 is 2.55 bits per heavy atom. The lowest BCUT2D eigenvalue weighted by Gasteiger charge is -2.37. The quantitative estimate of drug-likeness (QED) is 0.728. The molecule has 1 fully saturated rings. The van der Waals surface area contributed by atoms with Crippen molar-refractivity contribution in [3.05, 3.63) is 11.6 Å². The van der Waals surface area contributed by atoms with E-state index >= 15 is 0 Å². The van der Waals surface area contributed by atoms with Crippen LogP contribution in [0.25, 0.3) is 0 Å². The number of rotatable bonds is 6. The predicted octanol–water partition coefficient (Wildman–Crippen LogP) is 0.792. The highest BCUT2D eigenvalue weighted by Gasteiger charge is 2.58. The van der Waals surface area contributed by atoms with Gasteiger partial charge in [-0.2, -0.15) is 0 Å². The molecule has 20 heavy (non-hydrogen) atoms. The molecule has 0 aromatic heterocycles. The number of aliphatic hydroxyl groups is 1. The van der Waals surface area contributed by atoms with E-state index in [2.05, 4.69) is 0 Å². The van der Waals surface area contributed by atoms with Crippen LogP contribution in [0.2, 0.25) is 0 Å². The average Bonchev–Trinajstić information content (AvgIpc) is 2.42. The molecule has 1 saturated heterocycles. The number of ether oxygens (including phenoxy) is 1. The summed E-state index contributed by atoms with van der Waals surface area (Å²) in [6, 6.07) is 0. The molecule has 0 aliphatic carbocycles. The van der Waals surface area contributed by atoms with Crippen molar-refractivity contribution in [2.24, 2.45) is 0 Å². The smallest absolute Gasteiger partial charge is 0.412 e. The van der Waals surface area contributed by atoms with Crippen molar-refractivity contribution in [2.75, 3.05) is 6.54 Å². The van der Waals surface area contributed by atoms with Gasteiger partial charge < -0.3 is 19.7 Å². The molecule has 0 bridgehead atoms. The number of carbonyl (C=O) groups is 2. The molecule has 2 unspecified atom stereocenters. The second kappa shape index (κ2) is 5.83. The first-order valence-corrected chi connectivity index (χ1v) is 6.66. The Bertz CT molecular complexity index is 425. The molecule has 6 nitrogen and oxygen atoms in total. The molecular formula is C14H22NO5-. The van der Waals surface area contributed by atoms with E-state index in [4.69, 9.17) is 4.74 Å². The number of nitrogens with zero attached hydrogens (tertiary/aromatic N) is 1. The van der Waals surface area contributed by atoms with Crippen LogP contribution in [-0.4, -0.2) is 39.9 Å². The van der Waals surface area contributed by atoms with Gasteiger partial charge in [-0.15, -0.1) is 0 Å². The van der Waals surface area contributed by atoms with Crippen LogP contribution in [0.1, 0.15) is 47.0 Å². The van der Waals surface area contributed by atoms with Gasteiger partial charge >= 0.3 is 6.09 Å². The molecule has 2 atom stereocenters. The van der Waals surface area contributed by atoms with Gasteiger partial charge in [-0.25, -0.2) is 4.79 Å². The van der Waals surface area contributed by atoms with Gasteiger partial charge in [0.1, 0.15) is 0 Å². The summed E-state index contributed by atoms with van der Waals surface area (Å²) < 4.78 is 5.29. The first-order valence-electron chi connectivity index (χ1n) is 6.66. The highest BCUT2D eigenvalue weighted by molar-refractivity contribution is 5.73. The number of carbonyl (C=O) groups excluding carboxylic acids is 2. The van der Waals surface area contributed by atoms with Crippen molar-refractivity contribution in [3.8, 4) is 0 Å². The van der Waals surface area contributed by atoms with Crippen LogP contribution < -0.4 is 5.11 Å². The van der Waals surface area contributed by atoms with E-state index in [1.165, 1.54) is 6.92 Å². The van der Waals surface area contributed by atoms with Crippen molar-refractivity contribution >= 4 is 12.1 Å². The molecule has 0 spiro atoms. The fourth-order valence-electron chi connectivity index (χ4n) is 2.24. The normalized spacial score (nSPS) is 29.2. The van der Waals surface area contributed by atoms with E-state index < -0.39 is 23.4 Å². The van der Waals surface area contributed by atoms with Crippen LogP contribution in [0.5, 0.6) is 0 Å². The Morgan fingerprint density at radius 1 is 1.45 bits per heavy atom. The Balaban J connectivity index is 2.81. The number of amides is 1. The van der Waals surface area contributed by atoms with Crippen molar-refractivity contribution in [3.63, 3.8) is 0 Å². The molecule has 114 valence electrons. The molecule has 1 N–H and O–H groups in total. The van der Waals surface area contributed by atoms with Crippen LogP contribution in [0.15, 0.2) is 11.6 Å². The summed E-state index contributed by atoms with van der Waals surface area (Å²) in [5, 5.41) is 21.1. The number of allylic oxidation sites excluding steroid dienone is 2. The van der Waals surface area contributed by atoms with Crippen molar-refractivity contribution < 1.29 is 24.5 Å². The van der Waals surface area contributed by atoms with Gasteiger partial charge in [0, 0.05) is 18.9 Å². The van der Waals surface area contributed by atoms with Crippen LogP contribution in [0.4, 0.5) is 4.79 Å². The molecule has 1 aliphatic heterocycles. The van der Waals surface area contributed by atoms with Gasteiger partial charge in [-0.05, 0) is 40.5 Å². The fourth-order valence-corrected chi connectivity index (χ4v) is 2.24. The molecule has 1 rings (SSSR count). The van der Waals surface area contributed by atoms with E-state index in [9.17, 15) is 19.8 Å². The first kappa shape index (κ1) is 16.5. The molecule has 1 aliphatic rings. The van der Waals surface area contributed by atoms with Gasteiger partial charge in [-0.3, -0.25) is 4.90 Å². The lowest BCUT2D eigenvalue weighted by atomic mass is 9.88. The van der Waals surface area contributed by atoms with E-state index in [1.54, 1.807) is 6.92 Å². The van der Waals surface area contributed by atoms with Gasteiger partial charge in [0.15, 0.2) is 11.3 Å². The highest BCUT2D eigenvalue weighted by atomic mass is 16.6.